The molecule has 152 valence electrons. The van der Waals surface area contributed by atoms with E-state index in [1.807, 2.05) is 44.2 Å². The lowest BCUT2D eigenvalue weighted by Gasteiger charge is -2.27. The average Bonchev–Trinajstić information content (AvgIpc) is 3.10. The highest BCUT2D eigenvalue weighted by molar-refractivity contribution is 5.95. The number of nitrogens with two attached hydrogens (primary N) is 1. The first kappa shape index (κ1) is 20.3. The number of oxazole rings is 1. The van der Waals surface area contributed by atoms with Crippen LogP contribution in [0.1, 0.15) is 42.1 Å². The number of hydrogen-bond acceptors (Lipinski definition) is 6. The monoisotopic (exact) mass is 397 g/mol. The second-order valence-corrected chi connectivity index (χ2v) is 7.21. The normalized spacial score (nSPS) is 13.2. The largest absolute Gasteiger partial charge is 0.445 e. The molecule has 3 aromatic rings. The van der Waals surface area contributed by atoms with Gasteiger partial charge in [-0.25, -0.2) is 9.78 Å². The number of primary amides is 1. The van der Waals surface area contributed by atoms with Crippen LogP contribution in [0.15, 0.2) is 52.9 Å². The molecule has 0 bridgehead atoms. The van der Waals surface area contributed by atoms with E-state index in [4.69, 9.17) is 14.9 Å². The highest BCUT2D eigenvalue weighted by atomic mass is 16.6. The van der Waals surface area contributed by atoms with Crippen molar-refractivity contribution in [1.82, 2.24) is 10.3 Å². The second-order valence-electron chi connectivity index (χ2n) is 7.21. The zero-order valence-corrected chi connectivity index (χ0v) is 16.2. The van der Waals surface area contributed by atoms with Crippen molar-refractivity contribution in [1.29, 1.82) is 0 Å². The summed E-state index contributed by atoms with van der Waals surface area (Å²) in [6, 6.07) is 13.7. The van der Waals surface area contributed by atoms with Crippen molar-refractivity contribution in [2.45, 2.75) is 32.6 Å². The third kappa shape index (κ3) is 4.91. The van der Waals surface area contributed by atoms with Crippen LogP contribution in [0.2, 0.25) is 0 Å². The van der Waals surface area contributed by atoms with Gasteiger partial charge in [-0.3, -0.25) is 10.1 Å². The van der Waals surface area contributed by atoms with Crippen LogP contribution in [-0.4, -0.2) is 22.1 Å². The van der Waals surface area contributed by atoms with Crippen LogP contribution in [0.4, 0.5) is 4.79 Å². The number of aliphatic hydroxyl groups is 1. The van der Waals surface area contributed by atoms with E-state index in [9.17, 15) is 14.7 Å². The number of rotatable bonds is 7. The number of hydrogen-bond donors (Lipinski definition) is 3. The Labute approximate surface area is 167 Å². The van der Waals surface area contributed by atoms with Gasteiger partial charge in [0.2, 0.25) is 17.5 Å². The molecule has 0 saturated carbocycles. The van der Waals surface area contributed by atoms with E-state index in [1.165, 1.54) is 18.2 Å². The molecule has 0 aliphatic heterocycles. The number of fused-ring (bicyclic) bond motifs is 1. The number of ether oxygens (including phenoxy) is 1. The highest BCUT2D eigenvalue weighted by Crippen LogP contribution is 2.29. The Morgan fingerprint density at radius 2 is 1.97 bits per heavy atom. The maximum Gasteiger partial charge on any atom is 0.410 e. The molecule has 1 atom stereocenters. The van der Waals surface area contributed by atoms with E-state index in [0.717, 1.165) is 5.56 Å². The molecule has 8 nitrogen and oxygen atoms in total. The van der Waals surface area contributed by atoms with Crippen molar-refractivity contribution < 1.29 is 23.8 Å². The van der Waals surface area contributed by atoms with Crippen LogP contribution < -0.4 is 11.1 Å². The van der Waals surface area contributed by atoms with Crippen LogP contribution in [-0.2, 0) is 17.1 Å². The lowest BCUT2D eigenvalue weighted by Crippen LogP contribution is -2.47. The number of alkyl carbamates (subject to hydrolysis) is 1. The van der Waals surface area contributed by atoms with Gasteiger partial charge in [0.25, 0.3) is 0 Å². The smallest absolute Gasteiger partial charge is 0.410 e. The summed E-state index contributed by atoms with van der Waals surface area (Å²) in [5.74, 6) is -0.693. The number of nitrogens with one attached hydrogen (secondary N) is 1. The van der Waals surface area contributed by atoms with Gasteiger partial charge in [0.1, 0.15) is 12.1 Å². The number of nitrogens with zero attached hydrogens (tertiary/aromatic N) is 1. The number of aromatic nitrogens is 1. The van der Waals surface area contributed by atoms with Gasteiger partial charge in [0.15, 0.2) is 5.58 Å². The van der Waals surface area contributed by atoms with Crippen molar-refractivity contribution >= 4 is 23.1 Å². The van der Waals surface area contributed by atoms with Gasteiger partial charge in [-0.2, -0.15) is 0 Å². The molecule has 0 saturated heterocycles. The average molecular weight is 397 g/mol. The zero-order valence-electron chi connectivity index (χ0n) is 16.2. The maximum atomic E-state index is 12.3. The summed E-state index contributed by atoms with van der Waals surface area (Å²) in [5.41, 5.74) is 5.19. The van der Waals surface area contributed by atoms with Crippen molar-refractivity contribution in [3.8, 4) is 0 Å². The van der Waals surface area contributed by atoms with Gasteiger partial charge in [0, 0.05) is 12.0 Å². The number of amides is 2. The van der Waals surface area contributed by atoms with Crippen molar-refractivity contribution in [3.05, 3.63) is 65.5 Å². The van der Waals surface area contributed by atoms with E-state index in [0.29, 0.717) is 11.1 Å². The Kier molecular flexibility index (Phi) is 5.84. The van der Waals surface area contributed by atoms with E-state index in [-0.39, 0.29) is 30.4 Å². The summed E-state index contributed by atoms with van der Waals surface area (Å²) in [4.78, 5) is 27.9. The lowest BCUT2D eigenvalue weighted by molar-refractivity contribution is -0.0395. The summed E-state index contributed by atoms with van der Waals surface area (Å²) >= 11 is 0. The molecule has 2 amide bonds. The van der Waals surface area contributed by atoms with E-state index < -0.39 is 17.7 Å². The fourth-order valence-electron chi connectivity index (χ4n) is 2.97. The molecule has 0 aliphatic carbocycles. The Bertz CT molecular complexity index is 1020. The lowest BCUT2D eigenvalue weighted by atomic mass is 10.0. The molecule has 29 heavy (non-hydrogen) atoms. The number of benzene rings is 2. The topological polar surface area (TPSA) is 128 Å². The summed E-state index contributed by atoms with van der Waals surface area (Å²) in [6.07, 6.45) is -0.666. The van der Waals surface area contributed by atoms with Gasteiger partial charge in [-0.05, 0) is 29.7 Å². The molecule has 2 aromatic carbocycles. The zero-order chi connectivity index (χ0) is 21.0. The fraction of sp³-hybridized carbons (Fsp3) is 0.286. The molecule has 0 unspecified atom stereocenters. The first-order valence-electron chi connectivity index (χ1n) is 9.19. The van der Waals surface area contributed by atoms with Crippen LogP contribution in [0, 0.1) is 5.92 Å². The van der Waals surface area contributed by atoms with Gasteiger partial charge >= 0.3 is 6.09 Å². The summed E-state index contributed by atoms with van der Waals surface area (Å²) in [5, 5.41) is 13.6. The molecule has 3 rings (SSSR count). The first-order chi connectivity index (χ1) is 13.8. The van der Waals surface area contributed by atoms with Crippen molar-refractivity contribution in [2.24, 2.45) is 11.7 Å². The summed E-state index contributed by atoms with van der Waals surface area (Å²) in [7, 11) is 0. The molecule has 1 aromatic heterocycles. The molecule has 1 heterocycles. The molecule has 0 aliphatic rings. The Morgan fingerprint density at radius 1 is 1.24 bits per heavy atom. The third-order valence-corrected chi connectivity index (χ3v) is 4.25. The fourth-order valence-corrected chi connectivity index (χ4v) is 2.97. The van der Waals surface area contributed by atoms with Gasteiger partial charge in [-0.15, -0.1) is 0 Å². The van der Waals surface area contributed by atoms with Crippen LogP contribution in [0.5, 0.6) is 0 Å². The molecule has 0 fully saturated rings. The van der Waals surface area contributed by atoms with Crippen molar-refractivity contribution in [2.75, 3.05) is 0 Å². The van der Waals surface area contributed by atoms with E-state index >= 15 is 0 Å². The van der Waals surface area contributed by atoms with E-state index in [1.54, 1.807) is 0 Å². The molecule has 0 spiro atoms. The summed E-state index contributed by atoms with van der Waals surface area (Å²) in [6.45, 7) is 3.82. The van der Waals surface area contributed by atoms with Gasteiger partial charge in [-0.1, -0.05) is 44.2 Å². The first-order valence-corrected chi connectivity index (χ1v) is 9.19. The van der Waals surface area contributed by atoms with Crippen molar-refractivity contribution in [3.63, 3.8) is 0 Å². The second kappa shape index (κ2) is 8.32. The van der Waals surface area contributed by atoms with Crippen LogP contribution in [0.25, 0.3) is 11.1 Å². The Hall–Kier alpha value is -3.39. The highest BCUT2D eigenvalue weighted by Gasteiger charge is 2.38. The summed E-state index contributed by atoms with van der Waals surface area (Å²) < 4.78 is 10.9. The Balaban J connectivity index is 1.82. The van der Waals surface area contributed by atoms with Crippen LogP contribution in [0.3, 0.4) is 0 Å². The molecule has 0 radical (unpaired) electrons. The predicted molar refractivity (Wildman–Crippen MR) is 106 cm³/mol. The molecular formula is C21H23N3O5. The molecule has 4 N–H and O–H groups in total. The number of carbonyl (C=O) groups excluding carboxylic acids is 2. The standard InChI is InChI=1S/C21H23N3O5/c1-13(2)11-21(27,24-20(26)28-12-14-6-4-3-5-7-14)19-23-16-10-15(18(22)25)8-9-17(16)29-19/h3-10,13,27H,11-12H2,1-2H3,(H2,22,25)(H,24,26)/t21-/m0/s1. The van der Waals surface area contributed by atoms with Crippen LogP contribution >= 0.6 is 0 Å². The minimum atomic E-state index is -1.88. The minimum Gasteiger partial charge on any atom is -0.445 e. The van der Waals surface area contributed by atoms with Gasteiger partial charge in [0.05, 0.1) is 0 Å². The number of carbonyl (C=O) groups is 2. The third-order valence-electron chi connectivity index (χ3n) is 4.25. The predicted octanol–water partition coefficient (Wildman–Crippen LogP) is 3.04. The SMILES string of the molecule is CC(C)C[C@@](O)(NC(=O)OCc1ccccc1)c1nc2cc(C(N)=O)ccc2o1. The Morgan fingerprint density at radius 3 is 2.62 bits per heavy atom. The molecule has 8 heteroatoms. The maximum absolute atomic E-state index is 12.3. The molecular weight excluding hydrogens is 374 g/mol. The van der Waals surface area contributed by atoms with E-state index in [2.05, 4.69) is 10.3 Å². The minimum absolute atomic E-state index is 0.00520. The quantitative estimate of drug-likeness (QED) is 0.526. The van der Waals surface area contributed by atoms with Gasteiger partial charge < -0.3 is 20.0 Å².